The van der Waals surface area contributed by atoms with Crippen LogP contribution in [0.15, 0.2) is 0 Å². The zero-order valence-electron chi connectivity index (χ0n) is 12.6. The minimum absolute atomic E-state index is 0.748. The molecule has 0 aromatic heterocycles. The Hall–Kier alpha value is -0.0800. The van der Waals surface area contributed by atoms with E-state index in [1.54, 1.807) is 0 Å². The van der Waals surface area contributed by atoms with E-state index in [0.717, 1.165) is 24.0 Å². The monoisotopic (exact) mass is 252 g/mol. The molecule has 1 N–H and O–H groups in total. The fourth-order valence-corrected chi connectivity index (χ4v) is 3.94. The molecule has 0 aromatic carbocycles. The van der Waals surface area contributed by atoms with Gasteiger partial charge < -0.3 is 5.32 Å². The van der Waals surface area contributed by atoms with Crippen molar-refractivity contribution in [2.75, 3.05) is 13.6 Å². The molecule has 2 fully saturated rings. The molecule has 2 saturated carbocycles. The first-order valence-electron chi connectivity index (χ1n) is 8.15. The average molecular weight is 252 g/mol. The summed E-state index contributed by atoms with van der Waals surface area (Å²) in [5.41, 5.74) is 0. The molecule has 2 unspecified atom stereocenters. The molecule has 2 heteroatoms. The molecule has 0 saturated heterocycles. The van der Waals surface area contributed by atoms with Gasteiger partial charge in [-0.05, 0) is 51.6 Å². The minimum Gasteiger partial charge on any atom is -0.315 e. The van der Waals surface area contributed by atoms with Crippen LogP contribution in [0.1, 0.15) is 65.2 Å². The summed E-state index contributed by atoms with van der Waals surface area (Å²) in [5.74, 6) is 0.836. The van der Waals surface area contributed by atoms with E-state index >= 15 is 0 Å². The van der Waals surface area contributed by atoms with Crippen LogP contribution < -0.4 is 5.32 Å². The fraction of sp³-hybridized carbons (Fsp3) is 1.00. The summed E-state index contributed by atoms with van der Waals surface area (Å²) in [6.45, 7) is 6.04. The van der Waals surface area contributed by atoms with Gasteiger partial charge in [0, 0.05) is 18.1 Å². The summed E-state index contributed by atoms with van der Waals surface area (Å²) in [6.07, 6.45) is 11.4. The summed E-state index contributed by atoms with van der Waals surface area (Å²) in [6, 6.07) is 2.46. The number of nitrogens with zero attached hydrogens (tertiary/aromatic N) is 1. The standard InChI is InChI=1S/C16H32N2/c1-13(2)11-12-18(14-7-4-5-8-14)16-10-6-9-15(16)17-3/h13-17H,4-12H2,1-3H3. The smallest absolute Gasteiger partial charge is 0.0252 e. The highest BCUT2D eigenvalue weighted by atomic mass is 15.2. The van der Waals surface area contributed by atoms with Crippen molar-refractivity contribution in [2.24, 2.45) is 5.92 Å². The maximum Gasteiger partial charge on any atom is 0.0252 e. The fourth-order valence-electron chi connectivity index (χ4n) is 3.94. The van der Waals surface area contributed by atoms with E-state index in [1.807, 2.05) is 0 Å². The van der Waals surface area contributed by atoms with E-state index in [-0.39, 0.29) is 0 Å². The number of rotatable bonds is 6. The molecule has 2 aliphatic carbocycles. The Balaban J connectivity index is 1.98. The van der Waals surface area contributed by atoms with E-state index in [1.165, 1.54) is 57.9 Å². The van der Waals surface area contributed by atoms with Crippen LogP contribution in [0, 0.1) is 5.92 Å². The Morgan fingerprint density at radius 3 is 2.39 bits per heavy atom. The van der Waals surface area contributed by atoms with Crippen molar-refractivity contribution < 1.29 is 0 Å². The number of likely N-dealkylation sites (N-methyl/N-ethyl adjacent to an activating group) is 1. The topological polar surface area (TPSA) is 15.3 Å². The second kappa shape index (κ2) is 6.91. The van der Waals surface area contributed by atoms with Crippen LogP contribution >= 0.6 is 0 Å². The van der Waals surface area contributed by atoms with Gasteiger partial charge >= 0.3 is 0 Å². The molecule has 2 nitrogen and oxygen atoms in total. The molecule has 106 valence electrons. The van der Waals surface area contributed by atoms with Gasteiger partial charge in [0.1, 0.15) is 0 Å². The van der Waals surface area contributed by atoms with Crippen LogP contribution in [-0.2, 0) is 0 Å². The lowest BCUT2D eigenvalue weighted by molar-refractivity contribution is 0.113. The van der Waals surface area contributed by atoms with Crippen molar-refractivity contribution in [3.8, 4) is 0 Å². The van der Waals surface area contributed by atoms with Crippen LogP contribution in [0.25, 0.3) is 0 Å². The highest BCUT2D eigenvalue weighted by Crippen LogP contribution is 2.32. The Morgan fingerprint density at radius 1 is 1.06 bits per heavy atom. The minimum atomic E-state index is 0.748. The van der Waals surface area contributed by atoms with Gasteiger partial charge in [0.15, 0.2) is 0 Å². The molecule has 0 bridgehead atoms. The third-order valence-electron chi connectivity index (χ3n) is 5.03. The molecule has 0 heterocycles. The average Bonchev–Trinajstić information content (AvgIpc) is 2.99. The van der Waals surface area contributed by atoms with Gasteiger partial charge in [0.05, 0.1) is 0 Å². The zero-order chi connectivity index (χ0) is 13.0. The van der Waals surface area contributed by atoms with Crippen LogP contribution in [0.4, 0.5) is 0 Å². The van der Waals surface area contributed by atoms with Gasteiger partial charge in [-0.1, -0.05) is 33.1 Å². The number of nitrogens with one attached hydrogen (secondary N) is 1. The Morgan fingerprint density at radius 2 is 1.78 bits per heavy atom. The van der Waals surface area contributed by atoms with Crippen molar-refractivity contribution >= 4 is 0 Å². The highest BCUT2D eigenvalue weighted by Gasteiger charge is 2.35. The lowest BCUT2D eigenvalue weighted by atomic mass is 10.0. The van der Waals surface area contributed by atoms with Crippen LogP contribution in [0.2, 0.25) is 0 Å². The number of hydrogen-bond acceptors (Lipinski definition) is 2. The number of hydrogen-bond donors (Lipinski definition) is 1. The molecule has 0 amide bonds. The van der Waals surface area contributed by atoms with Crippen molar-refractivity contribution in [3.05, 3.63) is 0 Å². The van der Waals surface area contributed by atoms with Crippen LogP contribution in [-0.4, -0.2) is 36.6 Å². The first-order valence-corrected chi connectivity index (χ1v) is 8.15. The first-order chi connectivity index (χ1) is 8.72. The van der Waals surface area contributed by atoms with Crippen molar-refractivity contribution in [3.63, 3.8) is 0 Å². The van der Waals surface area contributed by atoms with Crippen molar-refractivity contribution in [2.45, 2.75) is 83.3 Å². The third kappa shape index (κ3) is 3.48. The molecule has 0 aromatic rings. The van der Waals surface area contributed by atoms with Gasteiger partial charge in [-0.2, -0.15) is 0 Å². The normalized spacial score (nSPS) is 29.8. The molecule has 2 aliphatic rings. The summed E-state index contributed by atoms with van der Waals surface area (Å²) in [4.78, 5) is 2.89. The third-order valence-corrected chi connectivity index (χ3v) is 5.03. The summed E-state index contributed by atoms with van der Waals surface area (Å²) >= 11 is 0. The molecule has 0 radical (unpaired) electrons. The molecule has 2 atom stereocenters. The maximum absolute atomic E-state index is 3.56. The second-order valence-corrected chi connectivity index (χ2v) is 6.75. The Bertz CT molecular complexity index is 233. The predicted molar refractivity (Wildman–Crippen MR) is 78.9 cm³/mol. The SMILES string of the molecule is CNC1CCCC1N(CCC(C)C)C1CCCC1. The van der Waals surface area contributed by atoms with Gasteiger partial charge in [-0.3, -0.25) is 4.90 Å². The van der Waals surface area contributed by atoms with E-state index in [2.05, 4.69) is 31.1 Å². The maximum atomic E-state index is 3.56. The molecule has 18 heavy (non-hydrogen) atoms. The molecule has 0 aliphatic heterocycles. The van der Waals surface area contributed by atoms with Gasteiger partial charge in [0.25, 0.3) is 0 Å². The molecular formula is C16H32N2. The molecular weight excluding hydrogens is 220 g/mol. The predicted octanol–water partition coefficient (Wildman–Crippen LogP) is 3.42. The summed E-state index contributed by atoms with van der Waals surface area (Å²) < 4.78 is 0. The van der Waals surface area contributed by atoms with Crippen molar-refractivity contribution in [1.82, 2.24) is 10.2 Å². The molecule has 2 rings (SSSR count). The van der Waals surface area contributed by atoms with Gasteiger partial charge in [-0.25, -0.2) is 0 Å². The summed E-state index contributed by atoms with van der Waals surface area (Å²) in [7, 11) is 2.15. The second-order valence-electron chi connectivity index (χ2n) is 6.75. The molecule has 0 spiro atoms. The van der Waals surface area contributed by atoms with E-state index in [9.17, 15) is 0 Å². The first kappa shape index (κ1) is 14.3. The van der Waals surface area contributed by atoms with Crippen LogP contribution in [0.3, 0.4) is 0 Å². The van der Waals surface area contributed by atoms with E-state index in [4.69, 9.17) is 0 Å². The lowest BCUT2D eigenvalue weighted by Crippen LogP contribution is -2.50. The zero-order valence-corrected chi connectivity index (χ0v) is 12.6. The van der Waals surface area contributed by atoms with Gasteiger partial charge in [0.2, 0.25) is 0 Å². The Kier molecular flexibility index (Phi) is 5.50. The van der Waals surface area contributed by atoms with Crippen molar-refractivity contribution in [1.29, 1.82) is 0 Å². The quantitative estimate of drug-likeness (QED) is 0.779. The van der Waals surface area contributed by atoms with Gasteiger partial charge in [-0.15, -0.1) is 0 Å². The van der Waals surface area contributed by atoms with E-state index < -0.39 is 0 Å². The highest BCUT2D eigenvalue weighted by molar-refractivity contribution is 4.93. The largest absolute Gasteiger partial charge is 0.315 e. The van der Waals surface area contributed by atoms with E-state index in [0.29, 0.717) is 0 Å². The lowest BCUT2D eigenvalue weighted by Gasteiger charge is -2.38. The Labute approximate surface area is 114 Å². The van der Waals surface area contributed by atoms with Crippen LogP contribution in [0.5, 0.6) is 0 Å². The summed E-state index contributed by atoms with van der Waals surface area (Å²) in [5, 5.41) is 3.56.